The van der Waals surface area contributed by atoms with E-state index >= 15 is 0 Å². The number of methoxy groups -OCH3 is 1. The molecule has 0 unspecified atom stereocenters. The second kappa shape index (κ2) is 13.1. The van der Waals surface area contributed by atoms with Crippen molar-refractivity contribution in [3.05, 3.63) is 29.8 Å². The van der Waals surface area contributed by atoms with Crippen molar-refractivity contribution in [2.24, 2.45) is 5.92 Å². The number of amides is 3. The van der Waals surface area contributed by atoms with Crippen LogP contribution in [-0.2, 0) is 16.0 Å². The zero-order valence-corrected chi connectivity index (χ0v) is 18.8. The molecule has 1 aromatic rings. The van der Waals surface area contributed by atoms with Crippen molar-refractivity contribution in [2.45, 2.75) is 39.7 Å². The molecule has 0 spiro atoms. The van der Waals surface area contributed by atoms with Crippen molar-refractivity contribution in [3.8, 4) is 5.75 Å². The van der Waals surface area contributed by atoms with E-state index in [1.54, 1.807) is 19.1 Å². The SMILES string of the molecule is CNC(=O)[C@H](Cc1ccc(OC)cc1)NC(=O)N(CCSC(C)=O)CCC(C)C. The first kappa shape index (κ1) is 24.8. The molecule has 1 aromatic carbocycles. The van der Waals surface area contributed by atoms with Gasteiger partial charge in [0.1, 0.15) is 11.8 Å². The Morgan fingerprint density at radius 1 is 1.14 bits per heavy atom. The highest BCUT2D eigenvalue weighted by molar-refractivity contribution is 8.13. The standard InChI is InChI=1S/C21H33N3O4S/c1-15(2)10-11-24(12-13-29-16(3)25)21(27)23-19(20(26)22-4)14-17-6-8-18(28-5)9-7-17/h6-9,15,19H,10-14H2,1-5H3,(H,22,26)(H,23,27)/t19-/m0/s1. The van der Waals surface area contributed by atoms with Gasteiger partial charge in [0.05, 0.1) is 7.11 Å². The number of urea groups is 1. The van der Waals surface area contributed by atoms with Crippen LogP contribution in [0.1, 0.15) is 32.8 Å². The molecule has 7 nitrogen and oxygen atoms in total. The van der Waals surface area contributed by atoms with E-state index in [-0.39, 0.29) is 17.1 Å². The van der Waals surface area contributed by atoms with Gasteiger partial charge in [0.25, 0.3) is 0 Å². The topological polar surface area (TPSA) is 87.7 Å². The Morgan fingerprint density at radius 2 is 1.79 bits per heavy atom. The van der Waals surface area contributed by atoms with Gasteiger partial charge in [0.2, 0.25) is 5.91 Å². The van der Waals surface area contributed by atoms with Crippen LogP contribution in [0.5, 0.6) is 5.75 Å². The largest absolute Gasteiger partial charge is 0.497 e. The Balaban J connectivity index is 2.83. The van der Waals surface area contributed by atoms with Gasteiger partial charge in [0, 0.05) is 39.2 Å². The first-order valence-electron chi connectivity index (χ1n) is 9.80. The number of hydrogen-bond acceptors (Lipinski definition) is 5. The number of ether oxygens (including phenoxy) is 1. The van der Waals surface area contributed by atoms with Gasteiger partial charge >= 0.3 is 6.03 Å². The molecule has 0 aliphatic rings. The fourth-order valence-corrected chi connectivity index (χ4v) is 3.25. The second-order valence-electron chi connectivity index (χ2n) is 7.18. The van der Waals surface area contributed by atoms with Crippen LogP contribution in [-0.4, -0.2) is 61.0 Å². The second-order valence-corrected chi connectivity index (χ2v) is 8.45. The minimum Gasteiger partial charge on any atom is -0.497 e. The summed E-state index contributed by atoms with van der Waals surface area (Å²) in [5.74, 6) is 1.46. The Labute approximate surface area is 177 Å². The van der Waals surface area contributed by atoms with E-state index < -0.39 is 6.04 Å². The minimum atomic E-state index is -0.692. The molecule has 0 saturated heterocycles. The van der Waals surface area contributed by atoms with Gasteiger partial charge in [0.15, 0.2) is 5.12 Å². The molecule has 29 heavy (non-hydrogen) atoms. The minimum absolute atomic E-state index is 0.0250. The van der Waals surface area contributed by atoms with Crippen molar-refractivity contribution in [1.29, 1.82) is 0 Å². The maximum atomic E-state index is 12.9. The zero-order valence-electron chi connectivity index (χ0n) is 18.0. The average molecular weight is 424 g/mol. The van der Waals surface area contributed by atoms with Crippen LogP contribution < -0.4 is 15.4 Å². The lowest BCUT2D eigenvalue weighted by Crippen LogP contribution is -2.52. The number of benzene rings is 1. The molecule has 0 radical (unpaired) electrons. The summed E-state index contributed by atoms with van der Waals surface area (Å²) in [6, 6.07) is 6.42. The smallest absolute Gasteiger partial charge is 0.318 e. The summed E-state index contributed by atoms with van der Waals surface area (Å²) in [7, 11) is 3.15. The Kier molecular flexibility index (Phi) is 11.2. The van der Waals surface area contributed by atoms with E-state index in [0.717, 1.165) is 17.7 Å². The van der Waals surface area contributed by atoms with E-state index in [0.29, 0.717) is 31.2 Å². The molecule has 3 amide bonds. The zero-order chi connectivity index (χ0) is 21.8. The van der Waals surface area contributed by atoms with Gasteiger partial charge in [-0.2, -0.15) is 0 Å². The normalized spacial score (nSPS) is 11.7. The third kappa shape index (κ3) is 9.69. The summed E-state index contributed by atoms with van der Waals surface area (Å²) in [6.07, 6.45) is 1.22. The number of carbonyl (C=O) groups is 3. The number of rotatable bonds is 11. The third-order valence-electron chi connectivity index (χ3n) is 4.39. The molecule has 0 heterocycles. The summed E-state index contributed by atoms with van der Waals surface area (Å²) in [5.41, 5.74) is 0.917. The molecular weight excluding hydrogens is 390 g/mol. The number of carbonyl (C=O) groups excluding carboxylic acids is 3. The Hall–Kier alpha value is -2.22. The molecule has 0 aliphatic carbocycles. The first-order valence-corrected chi connectivity index (χ1v) is 10.8. The number of hydrogen-bond donors (Lipinski definition) is 2. The van der Waals surface area contributed by atoms with E-state index in [4.69, 9.17) is 4.74 Å². The van der Waals surface area contributed by atoms with Crippen LogP contribution in [0.2, 0.25) is 0 Å². The molecule has 1 atom stereocenters. The number of likely N-dealkylation sites (N-methyl/N-ethyl adjacent to an activating group) is 1. The Bertz CT molecular complexity index is 664. The van der Waals surface area contributed by atoms with Crippen LogP contribution in [0.3, 0.4) is 0 Å². The summed E-state index contributed by atoms with van der Waals surface area (Å²) in [6.45, 7) is 6.73. The van der Waals surface area contributed by atoms with Gasteiger partial charge < -0.3 is 20.3 Å². The average Bonchev–Trinajstić information content (AvgIpc) is 2.69. The maximum absolute atomic E-state index is 12.9. The van der Waals surface area contributed by atoms with E-state index in [9.17, 15) is 14.4 Å². The highest BCUT2D eigenvalue weighted by atomic mass is 32.2. The summed E-state index contributed by atoms with van der Waals surface area (Å²) in [4.78, 5) is 38.1. The molecule has 0 saturated carbocycles. The van der Waals surface area contributed by atoms with Crippen molar-refractivity contribution >= 4 is 28.8 Å². The van der Waals surface area contributed by atoms with E-state index in [1.807, 2.05) is 24.3 Å². The lowest BCUT2D eigenvalue weighted by molar-refractivity contribution is -0.122. The van der Waals surface area contributed by atoms with Gasteiger partial charge in [-0.25, -0.2) is 4.79 Å². The van der Waals surface area contributed by atoms with E-state index in [1.165, 1.54) is 18.7 Å². The Morgan fingerprint density at radius 3 is 2.31 bits per heavy atom. The maximum Gasteiger partial charge on any atom is 0.318 e. The highest BCUT2D eigenvalue weighted by Crippen LogP contribution is 2.13. The van der Waals surface area contributed by atoms with Crippen LogP contribution >= 0.6 is 11.8 Å². The quantitative estimate of drug-likeness (QED) is 0.571. The van der Waals surface area contributed by atoms with Crippen molar-refractivity contribution < 1.29 is 19.1 Å². The van der Waals surface area contributed by atoms with Crippen LogP contribution in [0, 0.1) is 5.92 Å². The van der Waals surface area contributed by atoms with Gasteiger partial charge in [-0.3, -0.25) is 9.59 Å². The predicted molar refractivity (Wildman–Crippen MR) is 117 cm³/mol. The molecular formula is C21H33N3O4S. The lowest BCUT2D eigenvalue weighted by Gasteiger charge is -2.26. The predicted octanol–water partition coefficient (Wildman–Crippen LogP) is 2.69. The number of thioether (sulfide) groups is 1. The van der Waals surface area contributed by atoms with Crippen molar-refractivity contribution in [3.63, 3.8) is 0 Å². The third-order valence-corrected chi connectivity index (χ3v) is 5.18. The number of nitrogens with zero attached hydrogens (tertiary/aromatic N) is 1. The first-order chi connectivity index (χ1) is 13.8. The van der Waals surface area contributed by atoms with Crippen LogP contribution in [0.15, 0.2) is 24.3 Å². The molecule has 0 aliphatic heterocycles. The summed E-state index contributed by atoms with van der Waals surface area (Å²) >= 11 is 1.20. The van der Waals surface area contributed by atoms with Crippen molar-refractivity contribution in [1.82, 2.24) is 15.5 Å². The molecule has 0 bridgehead atoms. The van der Waals surface area contributed by atoms with Crippen LogP contribution in [0.25, 0.3) is 0 Å². The van der Waals surface area contributed by atoms with Gasteiger partial charge in [-0.15, -0.1) is 0 Å². The monoisotopic (exact) mass is 423 g/mol. The lowest BCUT2D eigenvalue weighted by atomic mass is 10.1. The summed E-state index contributed by atoms with van der Waals surface area (Å²) < 4.78 is 5.16. The molecule has 162 valence electrons. The molecule has 8 heteroatoms. The van der Waals surface area contributed by atoms with Gasteiger partial charge in [-0.05, 0) is 30.0 Å². The summed E-state index contributed by atoms with van der Waals surface area (Å²) in [5, 5.41) is 5.50. The van der Waals surface area contributed by atoms with E-state index in [2.05, 4.69) is 24.5 Å². The van der Waals surface area contributed by atoms with Gasteiger partial charge in [-0.1, -0.05) is 37.7 Å². The molecule has 2 N–H and O–H groups in total. The highest BCUT2D eigenvalue weighted by Gasteiger charge is 2.23. The number of nitrogens with one attached hydrogen (secondary N) is 2. The molecule has 0 aromatic heterocycles. The molecule has 0 fully saturated rings. The van der Waals surface area contributed by atoms with Crippen molar-refractivity contribution in [2.75, 3.05) is 33.0 Å². The fourth-order valence-electron chi connectivity index (χ4n) is 2.65. The molecule has 1 rings (SSSR count). The van der Waals surface area contributed by atoms with Crippen LogP contribution in [0.4, 0.5) is 4.79 Å². The fraction of sp³-hybridized carbons (Fsp3) is 0.571.